The molecule has 0 atom stereocenters. The van der Waals surface area contributed by atoms with Crippen LogP contribution in [0.1, 0.15) is 5.56 Å². The van der Waals surface area contributed by atoms with Crippen molar-refractivity contribution in [1.29, 1.82) is 0 Å². The van der Waals surface area contributed by atoms with E-state index in [0.717, 1.165) is 26.2 Å². The van der Waals surface area contributed by atoms with Gasteiger partial charge in [-0.25, -0.2) is 0 Å². The molecule has 1 aliphatic rings. The van der Waals surface area contributed by atoms with Crippen molar-refractivity contribution >= 4 is 11.6 Å². The molecule has 1 aromatic heterocycles. The number of benzene rings is 1. The predicted molar refractivity (Wildman–Crippen MR) is 78.3 cm³/mol. The Hall–Kier alpha value is -2.48. The number of aromatic nitrogens is 3. The second kappa shape index (κ2) is 5.49. The number of nitro benzene ring substituents is 1. The molecule has 8 heteroatoms. The molecule has 0 radical (unpaired) electrons. The zero-order chi connectivity index (χ0) is 14.8. The molecule has 3 rings (SSSR count). The Morgan fingerprint density at radius 1 is 1.33 bits per heavy atom. The van der Waals surface area contributed by atoms with Crippen LogP contribution in [0.15, 0.2) is 18.2 Å². The molecule has 2 aromatic rings. The Bertz CT molecular complexity index is 662. The van der Waals surface area contributed by atoms with Gasteiger partial charge in [0, 0.05) is 43.4 Å². The van der Waals surface area contributed by atoms with Crippen LogP contribution < -0.4 is 10.2 Å². The SMILES string of the molecule is Cc1c(-c2nc(N3CCNCC3)n[nH]2)cccc1[N+](=O)[O-]. The molecule has 0 saturated carbocycles. The summed E-state index contributed by atoms with van der Waals surface area (Å²) in [5.41, 5.74) is 1.39. The normalized spacial score (nSPS) is 15.2. The van der Waals surface area contributed by atoms with Gasteiger partial charge in [0.2, 0.25) is 5.95 Å². The molecule has 21 heavy (non-hydrogen) atoms. The van der Waals surface area contributed by atoms with Gasteiger partial charge in [-0.3, -0.25) is 15.2 Å². The summed E-state index contributed by atoms with van der Waals surface area (Å²) in [4.78, 5) is 17.2. The van der Waals surface area contributed by atoms with E-state index >= 15 is 0 Å². The molecule has 110 valence electrons. The highest BCUT2D eigenvalue weighted by Crippen LogP contribution is 2.28. The summed E-state index contributed by atoms with van der Waals surface area (Å²) in [5.74, 6) is 1.20. The van der Waals surface area contributed by atoms with Crippen molar-refractivity contribution in [3.8, 4) is 11.4 Å². The lowest BCUT2D eigenvalue weighted by Crippen LogP contribution is -2.44. The molecule has 1 saturated heterocycles. The second-order valence-corrected chi connectivity index (χ2v) is 4.93. The van der Waals surface area contributed by atoms with Gasteiger partial charge in [0.25, 0.3) is 5.69 Å². The second-order valence-electron chi connectivity index (χ2n) is 4.93. The fourth-order valence-electron chi connectivity index (χ4n) is 2.46. The zero-order valence-electron chi connectivity index (χ0n) is 11.7. The van der Waals surface area contributed by atoms with Crippen LogP contribution in [0.5, 0.6) is 0 Å². The summed E-state index contributed by atoms with van der Waals surface area (Å²) < 4.78 is 0. The van der Waals surface area contributed by atoms with Crippen LogP contribution in [0.2, 0.25) is 0 Å². The van der Waals surface area contributed by atoms with Crippen molar-refractivity contribution < 1.29 is 4.92 Å². The van der Waals surface area contributed by atoms with Crippen molar-refractivity contribution in [3.05, 3.63) is 33.9 Å². The highest BCUT2D eigenvalue weighted by Gasteiger charge is 2.19. The molecule has 1 fully saturated rings. The smallest absolute Gasteiger partial charge is 0.273 e. The third-order valence-electron chi connectivity index (χ3n) is 3.63. The number of nitro groups is 1. The average Bonchev–Trinajstić information content (AvgIpc) is 2.98. The molecule has 1 aromatic carbocycles. The molecule has 0 spiro atoms. The summed E-state index contributed by atoms with van der Waals surface area (Å²) >= 11 is 0. The van der Waals surface area contributed by atoms with Crippen LogP contribution in [0.4, 0.5) is 11.6 Å². The van der Waals surface area contributed by atoms with Crippen LogP contribution in [0.25, 0.3) is 11.4 Å². The molecular weight excluding hydrogens is 272 g/mol. The summed E-state index contributed by atoms with van der Waals surface area (Å²) in [7, 11) is 0. The van der Waals surface area contributed by atoms with Crippen molar-refractivity contribution in [2.75, 3.05) is 31.1 Å². The quantitative estimate of drug-likeness (QED) is 0.648. The Labute approximate surface area is 121 Å². The van der Waals surface area contributed by atoms with Gasteiger partial charge in [-0.05, 0) is 6.92 Å². The minimum absolute atomic E-state index is 0.0904. The van der Waals surface area contributed by atoms with Gasteiger partial charge in [-0.2, -0.15) is 4.98 Å². The van der Waals surface area contributed by atoms with E-state index in [2.05, 4.69) is 25.4 Å². The number of hydrogen-bond acceptors (Lipinski definition) is 6. The van der Waals surface area contributed by atoms with Crippen LogP contribution in [-0.2, 0) is 0 Å². The Kier molecular flexibility index (Phi) is 3.53. The van der Waals surface area contributed by atoms with Crippen molar-refractivity contribution in [3.63, 3.8) is 0 Å². The van der Waals surface area contributed by atoms with Gasteiger partial charge in [0.1, 0.15) is 0 Å². The van der Waals surface area contributed by atoms with Crippen LogP contribution in [0, 0.1) is 17.0 Å². The van der Waals surface area contributed by atoms with Gasteiger partial charge in [0.05, 0.1) is 4.92 Å². The summed E-state index contributed by atoms with van der Waals surface area (Å²) in [6.45, 7) is 5.23. The predicted octanol–water partition coefficient (Wildman–Crippen LogP) is 1.10. The van der Waals surface area contributed by atoms with E-state index in [1.165, 1.54) is 6.07 Å². The molecule has 0 unspecified atom stereocenters. The van der Waals surface area contributed by atoms with Gasteiger partial charge in [0.15, 0.2) is 5.82 Å². The highest BCUT2D eigenvalue weighted by atomic mass is 16.6. The van der Waals surface area contributed by atoms with Crippen molar-refractivity contribution in [2.45, 2.75) is 6.92 Å². The first-order valence-corrected chi connectivity index (χ1v) is 6.79. The molecule has 1 aliphatic heterocycles. The van der Waals surface area contributed by atoms with E-state index in [-0.39, 0.29) is 10.6 Å². The molecule has 0 bridgehead atoms. The molecule has 2 heterocycles. The average molecular weight is 288 g/mol. The van der Waals surface area contributed by atoms with E-state index in [1.54, 1.807) is 13.0 Å². The monoisotopic (exact) mass is 288 g/mol. The topological polar surface area (TPSA) is 100.0 Å². The molecule has 8 nitrogen and oxygen atoms in total. The standard InChI is InChI=1S/C13H16N6O2/c1-9-10(3-2-4-11(9)19(20)21)12-15-13(17-16-12)18-7-5-14-6-8-18/h2-4,14H,5-8H2,1H3,(H,15,16,17). The number of H-pyrrole nitrogens is 1. The van der Waals surface area contributed by atoms with Gasteiger partial charge in [-0.15, -0.1) is 5.10 Å². The lowest BCUT2D eigenvalue weighted by molar-refractivity contribution is -0.385. The Morgan fingerprint density at radius 3 is 2.81 bits per heavy atom. The van der Waals surface area contributed by atoms with Crippen LogP contribution in [-0.4, -0.2) is 46.3 Å². The van der Waals surface area contributed by atoms with Crippen molar-refractivity contribution in [1.82, 2.24) is 20.5 Å². The van der Waals surface area contributed by atoms with Gasteiger partial charge in [-0.1, -0.05) is 12.1 Å². The summed E-state index contributed by atoms with van der Waals surface area (Å²) in [5, 5.41) is 21.4. The number of hydrogen-bond donors (Lipinski definition) is 2. The number of nitrogens with one attached hydrogen (secondary N) is 2. The minimum atomic E-state index is -0.383. The molecule has 0 amide bonds. The lowest BCUT2D eigenvalue weighted by Gasteiger charge is -2.25. The van der Waals surface area contributed by atoms with E-state index in [1.807, 2.05) is 6.07 Å². The Morgan fingerprint density at radius 2 is 2.10 bits per heavy atom. The molecular formula is C13H16N6O2. The Balaban J connectivity index is 1.93. The number of aromatic amines is 1. The fourth-order valence-corrected chi connectivity index (χ4v) is 2.46. The first kappa shape index (κ1) is 13.5. The summed E-state index contributed by atoms with van der Waals surface area (Å²) in [6.07, 6.45) is 0. The highest BCUT2D eigenvalue weighted by molar-refractivity contribution is 5.66. The fraction of sp³-hybridized carbons (Fsp3) is 0.385. The number of rotatable bonds is 3. The number of anilines is 1. The maximum absolute atomic E-state index is 11.0. The third-order valence-corrected chi connectivity index (χ3v) is 3.63. The largest absolute Gasteiger partial charge is 0.337 e. The zero-order valence-corrected chi connectivity index (χ0v) is 11.7. The lowest BCUT2D eigenvalue weighted by atomic mass is 10.1. The van der Waals surface area contributed by atoms with Crippen molar-refractivity contribution in [2.24, 2.45) is 0 Å². The first-order chi connectivity index (χ1) is 10.2. The first-order valence-electron chi connectivity index (χ1n) is 6.79. The van der Waals surface area contributed by atoms with Gasteiger partial charge < -0.3 is 10.2 Å². The van der Waals surface area contributed by atoms with Gasteiger partial charge >= 0.3 is 0 Å². The maximum atomic E-state index is 11.0. The molecule has 0 aliphatic carbocycles. The van der Waals surface area contributed by atoms with E-state index < -0.39 is 0 Å². The molecule has 2 N–H and O–H groups in total. The van der Waals surface area contributed by atoms with Crippen LogP contribution >= 0.6 is 0 Å². The van der Waals surface area contributed by atoms with E-state index in [4.69, 9.17) is 0 Å². The third kappa shape index (κ3) is 2.57. The van der Waals surface area contributed by atoms with Crippen LogP contribution in [0.3, 0.4) is 0 Å². The number of nitrogens with zero attached hydrogens (tertiary/aromatic N) is 4. The van der Waals surface area contributed by atoms with E-state index in [9.17, 15) is 10.1 Å². The summed E-state index contributed by atoms with van der Waals surface area (Å²) in [6, 6.07) is 4.96. The minimum Gasteiger partial charge on any atom is -0.337 e. The number of piperazine rings is 1. The maximum Gasteiger partial charge on any atom is 0.273 e. The van der Waals surface area contributed by atoms with E-state index in [0.29, 0.717) is 22.9 Å².